The van der Waals surface area contributed by atoms with Crippen molar-refractivity contribution in [3.05, 3.63) is 11.8 Å². The number of nitrogens with two attached hydrogens (primary N) is 1. The average Bonchev–Trinajstić information content (AvgIpc) is 3.00. The van der Waals surface area contributed by atoms with Gasteiger partial charge in [0.1, 0.15) is 5.60 Å². The molecule has 2 N–H and O–H groups in total. The Bertz CT molecular complexity index is 371. The Hall–Kier alpha value is -0.580. The van der Waals surface area contributed by atoms with E-state index < -0.39 is 0 Å². The summed E-state index contributed by atoms with van der Waals surface area (Å²) < 4.78 is 11.6. The minimum absolute atomic E-state index is 0. The first-order valence-corrected chi connectivity index (χ1v) is 8.06. The highest BCUT2D eigenvalue weighted by molar-refractivity contribution is 5.24. The Morgan fingerprint density at radius 3 is 2.95 bits per heavy atom. The molecule has 4 nitrogen and oxygen atoms in total. The molecule has 1 saturated heterocycles. The van der Waals surface area contributed by atoms with Gasteiger partial charge in [0.15, 0.2) is 0 Å². The third kappa shape index (κ3) is 3.18. The fourth-order valence-electron chi connectivity index (χ4n) is 3.85. The summed E-state index contributed by atoms with van der Waals surface area (Å²) in [4.78, 5) is 2.54. The van der Waals surface area contributed by atoms with E-state index in [-0.39, 0.29) is 7.03 Å². The quantitative estimate of drug-likeness (QED) is 0.726. The van der Waals surface area contributed by atoms with E-state index in [1.54, 1.807) is 7.11 Å². The molecule has 1 aliphatic heterocycles. The van der Waals surface area contributed by atoms with Crippen LogP contribution in [0.1, 0.15) is 33.5 Å². The second-order valence-corrected chi connectivity index (χ2v) is 6.70. The van der Waals surface area contributed by atoms with E-state index in [9.17, 15) is 0 Å². The standard InChI is InChI=1S/C16H28N2O2.H2/c1-19-12-16(10-13-9-14(13)15(17)11-16)20-8-4-7-18-5-2-3-6-18;/h11,13-14H,2-10,12,17H2,1H3;1H. The van der Waals surface area contributed by atoms with Gasteiger partial charge in [-0.1, -0.05) is 0 Å². The summed E-state index contributed by atoms with van der Waals surface area (Å²) in [5.74, 6) is 1.36. The average molecular weight is 282 g/mol. The van der Waals surface area contributed by atoms with Crippen LogP contribution in [-0.4, -0.2) is 50.5 Å². The van der Waals surface area contributed by atoms with Gasteiger partial charge < -0.3 is 20.1 Å². The molecule has 1 heterocycles. The molecule has 0 bridgehead atoms. The third-order valence-electron chi connectivity index (χ3n) is 4.98. The van der Waals surface area contributed by atoms with E-state index in [0.717, 1.165) is 37.6 Å². The van der Waals surface area contributed by atoms with Gasteiger partial charge in [-0.2, -0.15) is 0 Å². The van der Waals surface area contributed by atoms with Crippen LogP contribution >= 0.6 is 0 Å². The Kier molecular flexibility index (Phi) is 4.34. The zero-order valence-corrected chi connectivity index (χ0v) is 12.6. The first-order chi connectivity index (χ1) is 9.72. The summed E-state index contributed by atoms with van der Waals surface area (Å²) in [7, 11) is 1.75. The zero-order chi connectivity index (χ0) is 14.0. The first kappa shape index (κ1) is 14.4. The predicted molar refractivity (Wildman–Crippen MR) is 81.4 cm³/mol. The van der Waals surface area contributed by atoms with Crippen LogP contribution < -0.4 is 5.73 Å². The lowest BCUT2D eigenvalue weighted by Crippen LogP contribution is -2.40. The van der Waals surface area contributed by atoms with Crippen molar-refractivity contribution in [1.82, 2.24) is 4.90 Å². The van der Waals surface area contributed by atoms with Gasteiger partial charge in [-0.3, -0.25) is 0 Å². The van der Waals surface area contributed by atoms with Crippen LogP contribution in [0.25, 0.3) is 0 Å². The van der Waals surface area contributed by atoms with E-state index in [1.807, 2.05) is 0 Å². The fraction of sp³-hybridized carbons (Fsp3) is 0.875. The number of hydrogen-bond acceptors (Lipinski definition) is 4. The van der Waals surface area contributed by atoms with E-state index >= 15 is 0 Å². The summed E-state index contributed by atoms with van der Waals surface area (Å²) >= 11 is 0. The van der Waals surface area contributed by atoms with Crippen molar-refractivity contribution in [3.8, 4) is 0 Å². The molecular weight excluding hydrogens is 252 g/mol. The van der Waals surface area contributed by atoms with Crippen LogP contribution in [0, 0.1) is 11.8 Å². The van der Waals surface area contributed by atoms with Gasteiger partial charge in [0.2, 0.25) is 0 Å². The largest absolute Gasteiger partial charge is 0.402 e. The lowest BCUT2D eigenvalue weighted by Gasteiger charge is -2.34. The minimum Gasteiger partial charge on any atom is -0.402 e. The van der Waals surface area contributed by atoms with Crippen molar-refractivity contribution >= 4 is 0 Å². The van der Waals surface area contributed by atoms with Crippen molar-refractivity contribution in [2.24, 2.45) is 17.6 Å². The van der Waals surface area contributed by atoms with Gasteiger partial charge in [-0.25, -0.2) is 0 Å². The molecule has 4 heteroatoms. The number of methoxy groups -OCH3 is 1. The van der Waals surface area contributed by atoms with Crippen molar-refractivity contribution < 1.29 is 10.9 Å². The number of likely N-dealkylation sites (tertiary alicyclic amines) is 1. The Balaban J connectivity index is 0.00000161. The lowest BCUT2D eigenvalue weighted by atomic mass is 9.89. The highest BCUT2D eigenvalue weighted by atomic mass is 16.5. The number of hydrogen-bond donors (Lipinski definition) is 1. The smallest absolute Gasteiger partial charge is 0.112 e. The number of allylic oxidation sites excluding steroid dienone is 1. The van der Waals surface area contributed by atoms with Crippen LogP contribution in [0.3, 0.4) is 0 Å². The normalized spacial score (nSPS) is 36.8. The van der Waals surface area contributed by atoms with Gasteiger partial charge >= 0.3 is 0 Å². The van der Waals surface area contributed by atoms with Crippen molar-refractivity contribution in [1.29, 1.82) is 0 Å². The van der Waals surface area contributed by atoms with Crippen LogP contribution in [0.2, 0.25) is 0 Å². The second kappa shape index (κ2) is 6.04. The third-order valence-corrected chi connectivity index (χ3v) is 4.98. The fourth-order valence-corrected chi connectivity index (χ4v) is 3.85. The summed E-state index contributed by atoms with van der Waals surface area (Å²) in [5, 5.41) is 0. The molecule has 0 amide bonds. The maximum Gasteiger partial charge on any atom is 0.112 e. The SMILES string of the molecule is COCC1(OCCCN2CCCC2)C=C(N)C2CC2C1.[HH]. The van der Waals surface area contributed by atoms with Gasteiger partial charge in [-0.15, -0.1) is 0 Å². The number of ether oxygens (including phenoxy) is 2. The molecule has 3 atom stereocenters. The predicted octanol–water partition coefficient (Wildman–Crippen LogP) is 2.00. The molecule has 2 fully saturated rings. The molecule has 20 heavy (non-hydrogen) atoms. The maximum atomic E-state index is 6.23. The number of rotatable bonds is 7. The van der Waals surface area contributed by atoms with Gasteiger partial charge in [-0.05, 0) is 57.2 Å². The molecule has 0 aromatic carbocycles. The summed E-state index contributed by atoms with van der Waals surface area (Å²) in [6.07, 6.45) is 8.28. The van der Waals surface area contributed by atoms with Crippen LogP contribution in [0.4, 0.5) is 0 Å². The highest BCUT2D eigenvalue weighted by Gasteiger charge is 2.49. The lowest BCUT2D eigenvalue weighted by molar-refractivity contribution is -0.0698. The van der Waals surface area contributed by atoms with E-state index in [0.29, 0.717) is 12.5 Å². The van der Waals surface area contributed by atoms with E-state index in [1.165, 1.54) is 32.4 Å². The molecule has 0 spiro atoms. The van der Waals surface area contributed by atoms with E-state index in [4.69, 9.17) is 15.2 Å². The molecule has 0 radical (unpaired) electrons. The molecule has 0 aromatic heterocycles. The van der Waals surface area contributed by atoms with Gasteiger partial charge in [0, 0.05) is 33.3 Å². The Morgan fingerprint density at radius 1 is 1.45 bits per heavy atom. The molecule has 0 aromatic rings. The Morgan fingerprint density at radius 2 is 2.25 bits per heavy atom. The summed E-state index contributed by atoms with van der Waals surface area (Å²) in [6.45, 7) is 5.12. The summed E-state index contributed by atoms with van der Waals surface area (Å²) in [5.41, 5.74) is 6.91. The molecule has 3 aliphatic rings. The van der Waals surface area contributed by atoms with Crippen LogP contribution in [0.15, 0.2) is 11.8 Å². The van der Waals surface area contributed by atoms with Gasteiger partial charge in [0.25, 0.3) is 0 Å². The molecule has 3 rings (SSSR count). The van der Waals surface area contributed by atoms with Crippen molar-refractivity contribution in [3.63, 3.8) is 0 Å². The Labute approximate surface area is 123 Å². The molecular formula is C16H30N2O2. The molecule has 2 aliphatic carbocycles. The monoisotopic (exact) mass is 282 g/mol. The van der Waals surface area contributed by atoms with E-state index in [2.05, 4.69) is 11.0 Å². The summed E-state index contributed by atoms with van der Waals surface area (Å²) in [6, 6.07) is 0. The first-order valence-electron chi connectivity index (χ1n) is 8.06. The highest BCUT2D eigenvalue weighted by Crippen LogP contribution is 2.52. The van der Waals surface area contributed by atoms with Crippen LogP contribution in [0.5, 0.6) is 0 Å². The van der Waals surface area contributed by atoms with Crippen molar-refractivity contribution in [2.45, 2.75) is 37.7 Å². The van der Waals surface area contributed by atoms with Gasteiger partial charge in [0.05, 0.1) is 6.61 Å². The topological polar surface area (TPSA) is 47.7 Å². The minimum atomic E-state index is -0.262. The second-order valence-electron chi connectivity index (χ2n) is 6.70. The number of fused-ring (bicyclic) bond motifs is 1. The zero-order valence-electron chi connectivity index (χ0n) is 12.6. The molecule has 1 saturated carbocycles. The molecule has 116 valence electrons. The number of nitrogens with zero attached hydrogens (tertiary/aromatic N) is 1. The van der Waals surface area contributed by atoms with Crippen LogP contribution in [-0.2, 0) is 9.47 Å². The maximum absolute atomic E-state index is 6.23. The molecule has 3 unspecified atom stereocenters. The van der Waals surface area contributed by atoms with Crippen molar-refractivity contribution in [2.75, 3.05) is 40.0 Å².